The van der Waals surface area contributed by atoms with Crippen molar-refractivity contribution in [2.45, 2.75) is 83.6 Å². The first-order chi connectivity index (χ1) is 23.5. The van der Waals surface area contributed by atoms with Gasteiger partial charge in [0, 0.05) is 43.5 Å². The van der Waals surface area contributed by atoms with Crippen LogP contribution in [0.1, 0.15) is 56.6 Å². The zero-order valence-electron chi connectivity index (χ0n) is 29.0. The molecule has 11 heteroatoms. The van der Waals surface area contributed by atoms with Gasteiger partial charge >= 0.3 is 18.0 Å². The second kappa shape index (κ2) is 16.7. The van der Waals surface area contributed by atoms with E-state index in [2.05, 4.69) is 22.5 Å². The van der Waals surface area contributed by atoms with E-state index >= 15 is 0 Å². The summed E-state index contributed by atoms with van der Waals surface area (Å²) < 4.78 is 29.3. The first-order valence-corrected chi connectivity index (χ1v) is 17.3. The molecule has 2 aliphatic heterocycles. The second-order valence-electron chi connectivity index (χ2n) is 13.7. The minimum atomic E-state index is -0.846. The molecule has 3 N–H and O–H groups in total. The number of ether oxygens (including phenoxy) is 5. The summed E-state index contributed by atoms with van der Waals surface area (Å²) in [5, 5.41) is 14.0. The number of amides is 1. The summed E-state index contributed by atoms with van der Waals surface area (Å²) >= 11 is 0. The molecule has 1 saturated heterocycles. The molecule has 49 heavy (non-hydrogen) atoms. The van der Waals surface area contributed by atoms with Gasteiger partial charge in [0.15, 0.2) is 6.10 Å². The zero-order valence-corrected chi connectivity index (χ0v) is 29.0. The molecule has 266 valence electrons. The van der Waals surface area contributed by atoms with Crippen LogP contribution in [0.2, 0.25) is 0 Å². The van der Waals surface area contributed by atoms with Crippen molar-refractivity contribution in [1.29, 1.82) is 0 Å². The van der Waals surface area contributed by atoms with Crippen molar-refractivity contribution in [3.8, 4) is 0 Å². The molecule has 2 bridgehead atoms. The molecule has 11 atom stereocenters. The lowest BCUT2D eigenvalue weighted by Crippen LogP contribution is -2.51. The molecule has 2 aromatic rings. The van der Waals surface area contributed by atoms with Crippen LogP contribution in [0.3, 0.4) is 0 Å². The van der Waals surface area contributed by atoms with Gasteiger partial charge in [-0.25, -0.2) is 14.4 Å². The zero-order chi connectivity index (χ0) is 35.1. The smallest absolute Gasteiger partial charge is 0.407 e. The molecule has 5 rings (SSSR count). The maximum atomic E-state index is 13.5. The first-order valence-electron chi connectivity index (χ1n) is 17.3. The molecule has 11 nitrogen and oxygen atoms in total. The topological polar surface area (TPSA) is 145 Å². The Kier molecular flexibility index (Phi) is 12.4. The Labute approximate surface area is 288 Å². The van der Waals surface area contributed by atoms with Gasteiger partial charge in [-0.2, -0.15) is 0 Å². The third kappa shape index (κ3) is 9.00. The molecule has 3 aliphatic rings. The Morgan fingerprint density at radius 2 is 1.92 bits per heavy atom. The highest BCUT2D eigenvalue weighted by molar-refractivity contribution is 5.87. The van der Waals surface area contributed by atoms with Crippen molar-refractivity contribution < 1.29 is 43.2 Å². The number of methoxy groups -OCH3 is 1. The molecule has 3 heterocycles. The third-order valence-corrected chi connectivity index (χ3v) is 10.1. The number of aromatic nitrogens is 1. The molecule has 2 fully saturated rings. The van der Waals surface area contributed by atoms with E-state index in [4.69, 9.17) is 23.7 Å². The van der Waals surface area contributed by atoms with Crippen LogP contribution >= 0.6 is 0 Å². The summed E-state index contributed by atoms with van der Waals surface area (Å²) in [5.74, 6) is -1.96. The SMILES string of the molecule is CO[C@H]1C[C@@H](/C=C\[C@@H]2[C@@H]3CO[C@H]2[C@H](OC(=O)c2ccc[nH]2)[C@H](C)[C@H]3O)C/C(C)=C/[C@@H](C)[C@@H]([C@@H](C)OC(=O)NCCc2ccccc2)OC1=O. The standard InChI is InChI=1S/C38H50N2O9/c1-22-18-23(2)33(25(4)47-38(44)40-17-15-26-10-7-6-8-11-26)48-37(43)31(45-5)20-27(19-22)13-14-28-29-21-46-35(28)34(24(3)32(29)41)49-36(42)30-12-9-16-39-30/h6-14,16,18,23-25,27-29,31-35,39,41H,15,17,19-21H2,1-5H3,(H,40,44)/b14-13-,22-18+/t23-,24-,25-,27+,28-,29+,31+,32-,33+,34-,35-/m1/s1. The fourth-order valence-electron chi connectivity index (χ4n) is 7.46. The van der Waals surface area contributed by atoms with Gasteiger partial charge in [0.05, 0.1) is 12.7 Å². The number of aliphatic hydroxyl groups is 1. The summed E-state index contributed by atoms with van der Waals surface area (Å²) in [5.41, 5.74) is 2.54. The number of rotatable bonds is 10. The average molecular weight is 679 g/mol. The van der Waals surface area contributed by atoms with Crippen LogP contribution in [0, 0.1) is 29.6 Å². The van der Waals surface area contributed by atoms with Gasteiger partial charge in [0.25, 0.3) is 0 Å². The highest BCUT2D eigenvalue weighted by atomic mass is 16.6. The van der Waals surface area contributed by atoms with Gasteiger partial charge in [0.2, 0.25) is 0 Å². The van der Waals surface area contributed by atoms with Crippen molar-refractivity contribution in [3.05, 3.63) is 83.7 Å². The Morgan fingerprint density at radius 1 is 1.14 bits per heavy atom. The lowest BCUT2D eigenvalue weighted by Gasteiger charge is -2.40. The minimum Gasteiger partial charge on any atom is -0.456 e. The first kappa shape index (κ1) is 36.4. The summed E-state index contributed by atoms with van der Waals surface area (Å²) in [7, 11) is 1.48. The van der Waals surface area contributed by atoms with Crippen LogP contribution in [0.25, 0.3) is 0 Å². The van der Waals surface area contributed by atoms with Gasteiger partial charge in [-0.15, -0.1) is 0 Å². The normalized spacial score (nSPS) is 33.6. The molecular formula is C38H50N2O9. The number of aliphatic hydroxyl groups excluding tert-OH is 1. The molecule has 0 spiro atoms. The van der Waals surface area contributed by atoms with Gasteiger partial charge in [-0.3, -0.25) is 0 Å². The minimum absolute atomic E-state index is 0.0858. The van der Waals surface area contributed by atoms with E-state index in [1.54, 1.807) is 25.3 Å². The van der Waals surface area contributed by atoms with Crippen LogP contribution < -0.4 is 5.32 Å². The summed E-state index contributed by atoms with van der Waals surface area (Å²) in [6, 6.07) is 13.2. The van der Waals surface area contributed by atoms with Crippen LogP contribution in [-0.4, -0.2) is 85.0 Å². The number of carbonyl (C=O) groups excluding carboxylic acids is 3. The highest BCUT2D eigenvalue weighted by Crippen LogP contribution is 2.44. The van der Waals surface area contributed by atoms with E-state index in [0.717, 1.165) is 11.1 Å². The molecule has 1 aromatic carbocycles. The molecule has 1 aliphatic carbocycles. The molecule has 0 radical (unpaired) electrons. The number of allylic oxidation sites excluding steroid dienone is 2. The number of carbonyl (C=O) groups is 3. The second-order valence-corrected chi connectivity index (χ2v) is 13.7. The Hall–Kier alpha value is -3.93. The number of hydrogen-bond donors (Lipinski definition) is 3. The number of hydrogen-bond acceptors (Lipinski definition) is 9. The van der Waals surface area contributed by atoms with E-state index in [1.807, 2.05) is 57.2 Å². The van der Waals surface area contributed by atoms with E-state index < -0.39 is 54.7 Å². The number of benzene rings is 1. The Balaban J connectivity index is 1.25. The number of fused-ring (bicyclic) bond motifs is 2. The fourth-order valence-corrected chi connectivity index (χ4v) is 7.46. The summed E-state index contributed by atoms with van der Waals surface area (Å²) in [6.45, 7) is 8.37. The number of aromatic amines is 1. The number of cyclic esters (lactones) is 1. The predicted octanol–water partition coefficient (Wildman–Crippen LogP) is 5.01. The van der Waals surface area contributed by atoms with E-state index in [1.165, 1.54) is 7.11 Å². The van der Waals surface area contributed by atoms with Gasteiger partial charge < -0.3 is 39.1 Å². The summed E-state index contributed by atoms with van der Waals surface area (Å²) in [4.78, 5) is 41.8. The third-order valence-electron chi connectivity index (χ3n) is 10.1. The monoisotopic (exact) mass is 678 g/mol. The quantitative estimate of drug-likeness (QED) is 0.179. The van der Waals surface area contributed by atoms with E-state index in [0.29, 0.717) is 38.1 Å². The molecule has 1 amide bonds. The largest absolute Gasteiger partial charge is 0.456 e. The number of H-pyrrole nitrogens is 1. The molecule has 0 unspecified atom stereocenters. The maximum absolute atomic E-state index is 13.5. The lowest BCUT2D eigenvalue weighted by atomic mass is 9.71. The molecule has 1 aromatic heterocycles. The lowest BCUT2D eigenvalue weighted by molar-refractivity contribution is -0.169. The number of alkyl carbamates (subject to hydrolysis) is 1. The fraction of sp³-hybridized carbons (Fsp3) is 0.553. The summed E-state index contributed by atoms with van der Waals surface area (Å²) in [6.07, 6.45) is 4.95. The van der Waals surface area contributed by atoms with Gasteiger partial charge in [-0.05, 0) is 56.7 Å². The Morgan fingerprint density at radius 3 is 2.63 bits per heavy atom. The Bertz CT molecular complexity index is 1460. The van der Waals surface area contributed by atoms with Gasteiger partial charge in [0.1, 0.15) is 30.1 Å². The van der Waals surface area contributed by atoms with E-state index in [-0.39, 0.29) is 29.6 Å². The van der Waals surface area contributed by atoms with E-state index in [9.17, 15) is 19.5 Å². The van der Waals surface area contributed by atoms with Gasteiger partial charge in [-0.1, -0.05) is 68.0 Å². The average Bonchev–Trinajstić information content (AvgIpc) is 3.75. The van der Waals surface area contributed by atoms with Crippen LogP contribution in [0.15, 0.2) is 72.5 Å². The van der Waals surface area contributed by atoms with Crippen LogP contribution in [0.5, 0.6) is 0 Å². The number of esters is 2. The molecular weight excluding hydrogens is 628 g/mol. The number of nitrogens with one attached hydrogen (secondary N) is 2. The van der Waals surface area contributed by atoms with Crippen molar-refractivity contribution in [2.24, 2.45) is 29.6 Å². The predicted molar refractivity (Wildman–Crippen MR) is 181 cm³/mol. The van der Waals surface area contributed by atoms with Crippen molar-refractivity contribution in [2.75, 3.05) is 20.3 Å². The molecule has 1 saturated carbocycles. The maximum Gasteiger partial charge on any atom is 0.407 e. The highest BCUT2D eigenvalue weighted by Gasteiger charge is 2.54. The van der Waals surface area contributed by atoms with Crippen molar-refractivity contribution in [3.63, 3.8) is 0 Å². The van der Waals surface area contributed by atoms with Crippen molar-refractivity contribution in [1.82, 2.24) is 10.3 Å². The van der Waals surface area contributed by atoms with Crippen LogP contribution in [-0.2, 0) is 34.9 Å². The van der Waals surface area contributed by atoms with Crippen LogP contribution in [0.4, 0.5) is 4.79 Å². The van der Waals surface area contributed by atoms with Crippen molar-refractivity contribution >= 4 is 18.0 Å².